The fraction of sp³-hybridized carbons (Fsp3) is 0.353. The SMILES string of the molecule is NC(=O)CNc1cnn(C2OC(COC(=O)c3ccccc3)C(O)C2O)c(=O)n1. The van der Waals surface area contributed by atoms with Crippen molar-refractivity contribution in [2.75, 3.05) is 18.5 Å². The summed E-state index contributed by atoms with van der Waals surface area (Å²) in [4.78, 5) is 38.6. The third-order valence-electron chi connectivity index (χ3n) is 4.13. The summed E-state index contributed by atoms with van der Waals surface area (Å²) in [5.41, 5.74) is 4.42. The van der Waals surface area contributed by atoms with Crippen LogP contribution in [0, 0.1) is 0 Å². The highest BCUT2D eigenvalue weighted by atomic mass is 16.6. The standard InChI is InChI=1S/C17H19N5O7/c18-11(23)6-19-12-7-20-22(17(27)21-12)15-14(25)13(24)10(29-15)8-28-16(26)9-4-2-1-3-5-9/h1-5,7,10,13-15,24-25H,6,8H2,(H2,18,23)(H,19,21,27). The molecule has 4 atom stereocenters. The number of anilines is 1. The molecule has 1 fully saturated rings. The first-order valence-corrected chi connectivity index (χ1v) is 8.58. The lowest BCUT2D eigenvalue weighted by Gasteiger charge is -2.16. The van der Waals surface area contributed by atoms with Crippen molar-refractivity contribution < 1.29 is 29.3 Å². The van der Waals surface area contributed by atoms with Crippen LogP contribution in [0.25, 0.3) is 0 Å². The zero-order valence-corrected chi connectivity index (χ0v) is 15.0. The molecule has 1 aliphatic heterocycles. The molecule has 154 valence electrons. The average molecular weight is 405 g/mol. The van der Waals surface area contributed by atoms with Gasteiger partial charge in [-0.25, -0.2) is 9.59 Å². The van der Waals surface area contributed by atoms with Crippen molar-refractivity contribution in [2.45, 2.75) is 24.5 Å². The van der Waals surface area contributed by atoms with Crippen LogP contribution in [-0.4, -0.2) is 68.3 Å². The summed E-state index contributed by atoms with van der Waals surface area (Å²) in [5, 5.41) is 26.7. The van der Waals surface area contributed by atoms with Crippen molar-refractivity contribution in [3.05, 3.63) is 52.6 Å². The van der Waals surface area contributed by atoms with Crippen LogP contribution in [0.2, 0.25) is 0 Å². The Bertz CT molecular complexity index is 935. The van der Waals surface area contributed by atoms with Gasteiger partial charge in [-0.05, 0) is 12.1 Å². The van der Waals surface area contributed by atoms with Gasteiger partial charge in [0.05, 0.1) is 18.3 Å². The number of rotatable bonds is 7. The van der Waals surface area contributed by atoms with Gasteiger partial charge in [-0.2, -0.15) is 14.8 Å². The molecule has 2 aromatic rings. The topological polar surface area (TPSA) is 179 Å². The highest BCUT2D eigenvalue weighted by Gasteiger charge is 2.45. The van der Waals surface area contributed by atoms with Crippen molar-refractivity contribution in [3.63, 3.8) is 0 Å². The Balaban J connectivity index is 1.65. The van der Waals surface area contributed by atoms with Gasteiger partial charge >= 0.3 is 11.7 Å². The van der Waals surface area contributed by atoms with Crippen molar-refractivity contribution in [3.8, 4) is 0 Å². The Kier molecular flexibility index (Phi) is 6.16. The number of esters is 1. The first kappa shape index (κ1) is 20.4. The van der Waals surface area contributed by atoms with Gasteiger partial charge in [0.15, 0.2) is 12.0 Å². The van der Waals surface area contributed by atoms with Crippen LogP contribution in [0.4, 0.5) is 5.82 Å². The predicted octanol–water partition coefficient (Wildman–Crippen LogP) is -1.99. The molecule has 12 heteroatoms. The number of carbonyl (C=O) groups excluding carboxylic acids is 2. The molecular formula is C17H19N5O7. The third kappa shape index (κ3) is 4.74. The van der Waals surface area contributed by atoms with Gasteiger partial charge < -0.3 is 30.7 Å². The minimum Gasteiger partial charge on any atom is -0.459 e. The zero-order chi connectivity index (χ0) is 21.0. The van der Waals surface area contributed by atoms with Gasteiger partial charge in [-0.15, -0.1) is 0 Å². The minimum atomic E-state index is -1.51. The van der Waals surface area contributed by atoms with Crippen LogP contribution >= 0.6 is 0 Å². The van der Waals surface area contributed by atoms with E-state index in [1.165, 1.54) is 0 Å². The monoisotopic (exact) mass is 405 g/mol. The van der Waals surface area contributed by atoms with Crippen molar-refractivity contribution in [1.29, 1.82) is 0 Å². The predicted molar refractivity (Wildman–Crippen MR) is 96.6 cm³/mol. The average Bonchev–Trinajstić information content (AvgIpc) is 2.99. The van der Waals surface area contributed by atoms with E-state index < -0.39 is 42.1 Å². The van der Waals surface area contributed by atoms with E-state index in [2.05, 4.69) is 15.4 Å². The van der Waals surface area contributed by atoms with E-state index in [1.807, 2.05) is 0 Å². The molecule has 1 aliphatic rings. The van der Waals surface area contributed by atoms with E-state index in [1.54, 1.807) is 30.3 Å². The minimum absolute atomic E-state index is 0.00595. The number of hydrogen-bond donors (Lipinski definition) is 4. The maximum absolute atomic E-state index is 12.2. The lowest BCUT2D eigenvalue weighted by Crippen LogP contribution is -2.37. The summed E-state index contributed by atoms with van der Waals surface area (Å²) >= 11 is 0. The van der Waals surface area contributed by atoms with Gasteiger partial charge in [-0.1, -0.05) is 18.2 Å². The molecule has 1 saturated heterocycles. The summed E-state index contributed by atoms with van der Waals surface area (Å²) < 4.78 is 11.3. The number of amides is 1. The first-order chi connectivity index (χ1) is 13.9. The Morgan fingerprint density at radius 2 is 1.97 bits per heavy atom. The molecule has 0 bridgehead atoms. The van der Waals surface area contributed by atoms with Gasteiger partial charge in [0.25, 0.3) is 0 Å². The summed E-state index contributed by atoms with van der Waals surface area (Å²) in [6, 6.07) is 8.22. The third-order valence-corrected chi connectivity index (χ3v) is 4.13. The van der Waals surface area contributed by atoms with E-state index in [9.17, 15) is 24.6 Å². The van der Waals surface area contributed by atoms with Gasteiger partial charge in [0.1, 0.15) is 24.9 Å². The number of hydrogen-bond acceptors (Lipinski definition) is 10. The van der Waals surface area contributed by atoms with Crippen molar-refractivity contribution >= 4 is 17.7 Å². The number of aromatic nitrogens is 3. The van der Waals surface area contributed by atoms with Crippen LogP contribution in [0.3, 0.4) is 0 Å². The van der Waals surface area contributed by atoms with E-state index >= 15 is 0 Å². The molecule has 5 N–H and O–H groups in total. The Morgan fingerprint density at radius 3 is 2.62 bits per heavy atom. The number of primary amides is 1. The second-order valence-corrected chi connectivity index (χ2v) is 6.20. The van der Waals surface area contributed by atoms with Crippen LogP contribution in [0.15, 0.2) is 41.3 Å². The second kappa shape index (κ2) is 8.77. The molecule has 1 amide bonds. The van der Waals surface area contributed by atoms with Crippen LogP contribution in [0.1, 0.15) is 16.6 Å². The fourth-order valence-electron chi connectivity index (χ4n) is 2.67. The Morgan fingerprint density at radius 1 is 1.24 bits per heavy atom. The number of aliphatic hydroxyl groups excluding tert-OH is 2. The van der Waals surface area contributed by atoms with E-state index in [-0.39, 0.29) is 19.0 Å². The number of nitrogens with zero attached hydrogens (tertiary/aromatic N) is 3. The number of nitrogens with one attached hydrogen (secondary N) is 1. The van der Waals surface area contributed by atoms with Gasteiger partial charge in [-0.3, -0.25) is 4.79 Å². The molecule has 3 rings (SSSR count). The van der Waals surface area contributed by atoms with E-state index in [0.29, 0.717) is 5.56 Å². The molecule has 0 spiro atoms. The normalized spacial score (nSPS) is 23.5. The molecular weight excluding hydrogens is 386 g/mol. The van der Waals surface area contributed by atoms with Crippen LogP contribution in [0.5, 0.6) is 0 Å². The lowest BCUT2D eigenvalue weighted by molar-refractivity contribution is -0.116. The van der Waals surface area contributed by atoms with E-state index in [0.717, 1.165) is 10.9 Å². The number of nitrogens with two attached hydrogens (primary N) is 1. The zero-order valence-electron chi connectivity index (χ0n) is 15.0. The Hall–Kier alpha value is -3.35. The molecule has 12 nitrogen and oxygen atoms in total. The van der Waals surface area contributed by atoms with Gasteiger partial charge in [0, 0.05) is 0 Å². The summed E-state index contributed by atoms with van der Waals surface area (Å²) in [7, 11) is 0. The Labute approximate surface area is 163 Å². The van der Waals surface area contributed by atoms with Gasteiger partial charge in [0.2, 0.25) is 5.91 Å². The number of benzene rings is 1. The summed E-state index contributed by atoms with van der Waals surface area (Å²) in [5.74, 6) is -1.27. The molecule has 0 aliphatic carbocycles. The maximum atomic E-state index is 12.2. The quantitative estimate of drug-likeness (QED) is 0.377. The molecule has 0 saturated carbocycles. The molecule has 1 aromatic carbocycles. The smallest absolute Gasteiger partial charge is 0.368 e. The highest BCUT2D eigenvalue weighted by molar-refractivity contribution is 5.89. The lowest BCUT2D eigenvalue weighted by atomic mass is 10.1. The number of carbonyl (C=O) groups is 2. The molecule has 0 radical (unpaired) electrons. The number of ether oxygens (including phenoxy) is 2. The van der Waals surface area contributed by atoms with E-state index in [4.69, 9.17) is 15.2 Å². The molecule has 4 unspecified atom stereocenters. The molecule has 2 heterocycles. The highest BCUT2D eigenvalue weighted by Crippen LogP contribution is 2.28. The van der Waals surface area contributed by atoms with Crippen LogP contribution in [-0.2, 0) is 14.3 Å². The fourth-order valence-corrected chi connectivity index (χ4v) is 2.67. The maximum Gasteiger partial charge on any atom is 0.368 e. The second-order valence-electron chi connectivity index (χ2n) is 6.20. The summed E-state index contributed by atoms with van der Waals surface area (Å²) in [6.07, 6.45) is -4.22. The largest absolute Gasteiger partial charge is 0.459 e. The van der Waals surface area contributed by atoms with Crippen LogP contribution < -0.4 is 16.7 Å². The van der Waals surface area contributed by atoms with Crippen molar-refractivity contribution in [1.82, 2.24) is 14.8 Å². The van der Waals surface area contributed by atoms with Crippen molar-refractivity contribution in [2.24, 2.45) is 5.73 Å². The molecule has 29 heavy (non-hydrogen) atoms. The number of aliphatic hydroxyl groups is 2. The first-order valence-electron chi connectivity index (χ1n) is 8.58. The summed E-state index contributed by atoms with van der Waals surface area (Å²) in [6.45, 7) is -0.586. The molecule has 1 aromatic heterocycles.